The van der Waals surface area contributed by atoms with E-state index >= 15 is 0 Å². The first-order valence-corrected chi connectivity index (χ1v) is 6.33. The number of amides is 2. The van der Waals surface area contributed by atoms with E-state index in [2.05, 4.69) is 10.6 Å². The van der Waals surface area contributed by atoms with Gasteiger partial charge >= 0.3 is 0 Å². The van der Waals surface area contributed by atoms with E-state index in [0.29, 0.717) is 12.8 Å². The predicted octanol–water partition coefficient (Wildman–Crippen LogP) is 0.178. The Morgan fingerprint density at radius 1 is 1.53 bits per heavy atom. The number of nitrogens with one attached hydrogen (secondary N) is 2. The van der Waals surface area contributed by atoms with Crippen molar-refractivity contribution >= 4 is 11.8 Å². The van der Waals surface area contributed by atoms with Crippen molar-refractivity contribution in [1.29, 1.82) is 0 Å². The Morgan fingerprint density at radius 3 is 2.65 bits per heavy atom. The molecule has 2 atom stereocenters. The van der Waals surface area contributed by atoms with Crippen LogP contribution >= 0.6 is 0 Å². The quantitative estimate of drug-likeness (QED) is 0.621. The van der Waals surface area contributed by atoms with Gasteiger partial charge in [0.05, 0.1) is 6.10 Å². The van der Waals surface area contributed by atoms with E-state index in [1.807, 2.05) is 13.8 Å². The summed E-state index contributed by atoms with van der Waals surface area (Å²) in [7, 11) is 0. The largest absolute Gasteiger partial charge is 0.391 e. The molecule has 0 bridgehead atoms. The van der Waals surface area contributed by atoms with Crippen LogP contribution in [0, 0.1) is 5.92 Å². The van der Waals surface area contributed by atoms with Crippen LogP contribution in [0.15, 0.2) is 0 Å². The minimum Gasteiger partial charge on any atom is -0.391 e. The smallest absolute Gasteiger partial charge is 0.242 e. The molecular formula is C12H22N2O3. The third kappa shape index (κ3) is 4.00. The molecule has 5 nitrogen and oxygen atoms in total. The molecule has 3 N–H and O–H groups in total. The predicted molar refractivity (Wildman–Crippen MR) is 64.3 cm³/mol. The van der Waals surface area contributed by atoms with Gasteiger partial charge in [-0.2, -0.15) is 0 Å². The molecule has 1 heterocycles. The van der Waals surface area contributed by atoms with Gasteiger partial charge in [0.15, 0.2) is 0 Å². The molecular weight excluding hydrogens is 220 g/mol. The topological polar surface area (TPSA) is 78.4 Å². The van der Waals surface area contributed by atoms with Crippen LogP contribution in [-0.4, -0.2) is 35.6 Å². The zero-order chi connectivity index (χ0) is 12.8. The van der Waals surface area contributed by atoms with E-state index in [-0.39, 0.29) is 24.3 Å². The summed E-state index contributed by atoms with van der Waals surface area (Å²) >= 11 is 0. The summed E-state index contributed by atoms with van der Waals surface area (Å²) in [5, 5.41) is 15.1. The summed E-state index contributed by atoms with van der Waals surface area (Å²) in [6.07, 6.45) is 2.24. The van der Waals surface area contributed by atoms with Crippen LogP contribution in [0.5, 0.6) is 0 Å². The summed E-state index contributed by atoms with van der Waals surface area (Å²) in [6.45, 7) is 4.31. The fraction of sp³-hybridized carbons (Fsp3) is 0.833. The molecule has 1 aliphatic rings. The second-order valence-corrected chi connectivity index (χ2v) is 4.55. The second kappa shape index (κ2) is 6.59. The van der Waals surface area contributed by atoms with E-state index in [1.165, 1.54) is 0 Å². The van der Waals surface area contributed by atoms with E-state index < -0.39 is 12.1 Å². The average molecular weight is 242 g/mol. The highest BCUT2D eigenvalue weighted by molar-refractivity contribution is 5.90. The van der Waals surface area contributed by atoms with Crippen LogP contribution in [0.1, 0.15) is 39.5 Å². The number of carbonyl (C=O) groups is 2. The molecule has 2 amide bonds. The van der Waals surface area contributed by atoms with Gasteiger partial charge in [-0.25, -0.2) is 0 Å². The van der Waals surface area contributed by atoms with Crippen LogP contribution in [-0.2, 0) is 9.59 Å². The van der Waals surface area contributed by atoms with Gasteiger partial charge in [-0.15, -0.1) is 0 Å². The van der Waals surface area contributed by atoms with E-state index in [4.69, 9.17) is 0 Å². The lowest BCUT2D eigenvalue weighted by Gasteiger charge is -2.21. The summed E-state index contributed by atoms with van der Waals surface area (Å²) in [6, 6.07) is -0.420. The van der Waals surface area contributed by atoms with Crippen molar-refractivity contribution < 1.29 is 14.7 Å². The van der Waals surface area contributed by atoms with Gasteiger partial charge < -0.3 is 15.7 Å². The summed E-state index contributed by atoms with van der Waals surface area (Å²) in [4.78, 5) is 22.6. The van der Waals surface area contributed by atoms with Crippen LogP contribution in [0.3, 0.4) is 0 Å². The van der Waals surface area contributed by atoms with Gasteiger partial charge in [0.2, 0.25) is 11.8 Å². The van der Waals surface area contributed by atoms with E-state index in [9.17, 15) is 14.7 Å². The molecule has 0 aliphatic carbocycles. The zero-order valence-electron chi connectivity index (χ0n) is 10.5. The molecule has 1 saturated heterocycles. The first-order chi connectivity index (χ1) is 8.08. The van der Waals surface area contributed by atoms with Crippen molar-refractivity contribution in [2.24, 2.45) is 5.92 Å². The molecule has 0 aromatic carbocycles. The van der Waals surface area contributed by atoms with Crippen molar-refractivity contribution in [3.63, 3.8) is 0 Å². The number of aliphatic hydroxyl groups is 1. The van der Waals surface area contributed by atoms with Crippen molar-refractivity contribution in [3.05, 3.63) is 0 Å². The monoisotopic (exact) mass is 242 g/mol. The Balaban J connectivity index is 2.30. The van der Waals surface area contributed by atoms with Gasteiger partial charge in [0.25, 0.3) is 0 Å². The number of hydrogen-bond acceptors (Lipinski definition) is 3. The van der Waals surface area contributed by atoms with Gasteiger partial charge in [-0.3, -0.25) is 9.59 Å². The number of rotatable bonds is 6. The van der Waals surface area contributed by atoms with Crippen LogP contribution in [0.25, 0.3) is 0 Å². The Labute approximate surface area is 102 Å². The third-order valence-electron chi connectivity index (χ3n) is 3.39. The molecule has 0 aromatic rings. The highest BCUT2D eigenvalue weighted by atomic mass is 16.3. The maximum atomic E-state index is 11.7. The van der Waals surface area contributed by atoms with Crippen molar-refractivity contribution in [1.82, 2.24) is 10.6 Å². The molecule has 1 unspecified atom stereocenters. The third-order valence-corrected chi connectivity index (χ3v) is 3.39. The van der Waals surface area contributed by atoms with E-state index in [0.717, 1.165) is 12.8 Å². The molecule has 0 aromatic heterocycles. The lowest BCUT2D eigenvalue weighted by Crippen LogP contribution is -2.45. The molecule has 1 rings (SSSR count). The van der Waals surface area contributed by atoms with Gasteiger partial charge in [-0.1, -0.05) is 26.7 Å². The molecule has 1 aliphatic heterocycles. The molecule has 0 spiro atoms. The number of aliphatic hydroxyl groups excluding tert-OH is 1. The van der Waals surface area contributed by atoms with Crippen molar-refractivity contribution in [3.8, 4) is 0 Å². The highest BCUT2D eigenvalue weighted by Crippen LogP contribution is 2.12. The first-order valence-electron chi connectivity index (χ1n) is 6.33. The summed E-state index contributed by atoms with van der Waals surface area (Å²) in [5.41, 5.74) is 0. The van der Waals surface area contributed by atoms with Gasteiger partial charge in [0, 0.05) is 13.0 Å². The van der Waals surface area contributed by atoms with Crippen molar-refractivity contribution in [2.75, 3.05) is 6.54 Å². The van der Waals surface area contributed by atoms with Crippen LogP contribution < -0.4 is 10.6 Å². The maximum Gasteiger partial charge on any atom is 0.242 e. The Morgan fingerprint density at radius 2 is 2.18 bits per heavy atom. The summed E-state index contributed by atoms with van der Waals surface area (Å²) in [5.74, 6) is -0.0555. The van der Waals surface area contributed by atoms with Gasteiger partial charge in [0.1, 0.15) is 6.04 Å². The fourth-order valence-electron chi connectivity index (χ4n) is 2.14. The fourth-order valence-corrected chi connectivity index (χ4v) is 2.14. The number of carbonyl (C=O) groups excluding carboxylic acids is 2. The molecule has 0 radical (unpaired) electrons. The minimum absolute atomic E-state index is 0.0781. The number of hydrogen-bond donors (Lipinski definition) is 3. The van der Waals surface area contributed by atoms with E-state index in [1.54, 1.807) is 0 Å². The zero-order valence-corrected chi connectivity index (χ0v) is 10.5. The molecule has 5 heteroatoms. The normalized spacial score (nSPS) is 21.4. The molecule has 98 valence electrons. The molecule has 1 fully saturated rings. The average Bonchev–Trinajstić information content (AvgIpc) is 2.74. The second-order valence-electron chi connectivity index (χ2n) is 4.55. The summed E-state index contributed by atoms with van der Waals surface area (Å²) < 4.78 is 0. The van der Waals surface area contributed by atoms with Crippen LogP contribution in [0.4, 0.5) is 0 Å². The first kappa shape index (κ1) is 14.0. The lowest BCUT2D eigenvalue weighted by molar-refractivity contribution is -0.126. The lowest BCUT2D eigenvalue weighted by atomic mass is 9.96. The Kier molecular flexibility index (Phi) is 5.41. The standard InChI is InChI=1S/C12H22N2O3/c1-3-8(4-2)10(15)7-13-12(17)9-5-6-11(16)14-9/h8-10,15H,3-7H2,1-2H3,(H,13,17)(H,14,16)/t9-,10?/m1/s1. The highest BCUT2D eigenvalue weighted by Gasteiger charge is 2.27. The Bertz CT molecular complexity index is 277. The maximum absolute atomic E-state index is 11.7. The van der Waals surface area contributed by atoms with Crippen LogP contribution in [0.2, 0.25) is 0 Å². The SMILES string of the molecule is CCC(CC)C(O)CNC(=O)[C@H]1CCC(=O)N1. The molecule has 0 saturated carbocycles. The van der Waals surface area contributed by atoms with Gasteiger partial charge in [-0.05, 0) is 12.3 Å². The Hall–Kier alpha value is -1.10. The minimum atomic E-state index is -0.508. The molecule has 17 heavy (non-hydrogen) atoms. The van der Waals surface area contributed by atoms with Crippen molar-refractivity contribution in [2.45, 2.75) is 51.7 Å².